The van der Waals surface area contributed by atoms with Crippen molar-refractivity contribution >= 4 is 11.7 Å². The maximum absolute atomic E-state index is 13.0. The van der Waals surface area contributed by atoms with Gasteiger partial charge in [0.25, 0.3) is 0 Å². The molecule has 1 unspecified atom stereocenters. The maximum Gasteiger partial charge on any atom is 0.237 e. The molecule has 0 fully saturated rings. The molecule has 0 radical (unpaired) electrons. The molecule has 0 aromatic rings. The van der Waals surface area contributed by atoms with Crippen molar-refractivity contribution < 1.29 is 9.59 Å². The first-order valence-electron chi connectivity index (χ1n) is 8.00. The molecule has 1 atom stereocenters. The summed E-state index contributed by atoms with van der Waals surface area (Å²) >= 11 is 0. The summed E-state index contributed by atoms with van der Waals surface area (Å²) in [6.07, 6.45) is 2.58. The van der Waals surface area contributed by atoms with Gasteiger partial charge < -0.3 is 4.90 Å². The van der Waals surface area contributed by atoms with Crippen molar-refractivity contribution in [1.82, 2.24) is 4.90 Å². The van der Waals surface area contributed by atoms with E-state index in [1.165, 1.54) is 0 Å². The first kappa shape index (κ1) is 17.9. The van der Waals surface area contributed by atoms with Crippen molar-refractivity contribution in [3.8, 4) is 0 Å². The molecule has 21 heavy (non-hydrogen) atoms. The lowest BCUT2D eigenvalue weighted by Gasteiger charge is -2.42. The minimum absolute atomic E-state index is 0.0358. The van der Waals surface area contributed by atoms with E-state index < -0.39 is 5.92 Å². The van der Waals surface area contributed by atoms with E-state index in [0.717, 1.165) is 24.1 Å². The number of Topliss-reactive ketones (excluding diaryl/α,β-unsaturated/α-hetero) is 1. The van der Waals surface area contributed by atoms with Crippen LogP contribution in [-0.4, -0.2) is 23.6 Å². The van der Waals surface area contributed by atoms with Crippen LogP contribution in [0, 0.1) is 16.7 Å². The molecular formula is C18H31NO2. The van der Waals surface area contributed by atoms with Crippen molar-refractivity contribution in [3.05, 3.63) is 11.3 Å². The lowest BCUT2D eigenvalue weighted by molar-refractivity contribution is -0.141. The molecular weight excluding hydrogens is 262 g/mol. The number of allylic oxidation sites excluding steroid dienone is 2. The van der Waals surface area contributed by atoms with E-state index in [9.17, 15) is 9.59 Å². The van der Waals surface area contributed by atoms with E-state index in [0.29, 0.717) is 6.42 Å². The number of hydrogen-bond acceptors (Lipinski definition) is 2. The Bertz CT molecular complexity index is 461. The monoisotopic (exact) mass is 293 g/mol. The third-order valence-corrected chi connectivity index (χ3v) is 4.07. The van der Waals surface area contributed by atoms with E-state index in [1.807, 2.05) is 7.05 Å². The molecule has 1 amide bonds. The molecule has 3 nitrogen and oxygen atoms in total. The van der Waals surface area contributed by atoms with Crippen LogP contribution in [0.1, 0.15) is 67.7 Å². The predicted molar refractivity (Wildman–Crippen MR) is 86.7 cm³/mol. The van der Waals surface area contributed by atoms with Gasteiger partial charge in [0.1, 0.15) is 5.92 Å². The second-order valence-electron chi connectivity index (χ2n) is 8.18. The molecule has 1 rings (SSSR count). The van der Waals surface area contributed by atoms with Gasteiger partial charge in [-0.3, -0.25) is 9.59 Å². The Morgan fingerprint density at radius 1 is 1.00 bits per heavy atom. The van der Waals surface area contributed by atoms with Gasteiger partial charge in [0, 0.05) is 23.7 Å². The number of unbranched alkanes of at least 4 members (excludes halogenated alkanes) is 1. The summed E-state index contributed by atoms with van der Waals surface area (Å²) in [4.78, 5) is 27.4. The average Bonchev–Trinajstić information content (AvgIpc) is 2.30. The normalized spacial score (nSPS) is 21.3. The van der Waals surface area contributed by atoms with Crippen LogP contribution in [0.5, 0.6) is 0 Å². The van der Waals surface area contributed by atoms with Crippen LogP contribution in [0.15, 0.2) is 11.3 Å². The maximum atomic E-state index is 13.0. The lowest BCUT2D eigenvalue weighted by Crippen LogP contribution is -2.48. The van der Waals surface area contributed by atoms with E-state index in [-0.39, 0.29) is 22.5 Å². The Kier molecular flexibility index (Phi) is 5.07. The highest BCUT2D eigenvalue weighted by molar-refractivity contribution is 6.13. The number of ketones is 1. The zero-order valence-corrected chi connectivity index (χ0v) is 15.0. The van der Waals surface area contributed by atoms with Crippen molar-refractivity contribution in [2.45, 2.75) is 67.7 Å². The van der Waals surface area contributed by atoms with E-state index in [4.69, 9.17) is 0 Å². The number of amides is 1. The molecule has 0 aliphatic carbocycles. The van der Waals surface area contributed by atoms with E-state index in [2.05, 4.69) is 48.5 Å². The summed E-state index contributed by atoms with van der Waals surface area (Å²) in [5.41, 5.74) is 1.24. The first-order valence-corrected chi connectivity index (χ1v) is 8.00. The lowest BCUT2D eigenvalue weighted by atomic mass is 9.70. The van der Waals surface area contributed by atoms with Crippen molar-refractivity contribution in [2.24, 2.45) is 16.7 Å². The summed E-state index contributed by atoms with van der Waals surface area (Å²) in [6.45, 7) is 14.5. The Morgan fingerprint density at radius 2 is 1.52 bits per heavy atom. The van der Waals surface area contributed by atoms with E-state index >= 15 is 0 Å². The minimum Gasteiger partial charge on any atom is -0.318 e. The fourth-order valence-corrected chi connectivity index (χ4v) is 3.18. The molecule has 1 aliphatic heterocycles. The smallest absolute Gasteiger partial charge is 0.237 e. The van der Waals surface area contributed by atoms with Crippen molar-refractivity contribution in [3.63, 3.8) is 0 Å². The number of nitrogens with zero attached hydrogens (tertiary/aromatic N) is 1. The molecule has 0 saturated carbocycles. The molecule has 0 bridgehead atoms. The van der Waals surface area contributed by atoms with Gasteiger partial charge in [-0.1, -0.05) is 61.3 Å². The molecule has 0 saturated heterocycles. The number of rotatable bonds is 3. The molecule has 1 aliphatic rings. The third-order valence-electron chi connectivity index (χ3n) is 4.07. The topological polar surface area (TPSA) is 37.4 Å². The molecule has 0 aromatic carbocycles. The fraction of sp³-hybridized carbons (Fsp3) is 0.778. The second-order valence-corrected chi connectivity index (χ2v) is 8.18. The predicted octanol–water partition coefficient (Wildman–Crippen LogP) is 4.18. The number of carbonyl (C=O) groups is 2. The average molecular weight is 293 g/mol. The molecule has 1 heterocycles. The Labute approximate surface area is 129 Å². The Balaban J connectivity index is 3.47. The van der Waals surface area contributed by atoms with Gasteiger partial charge in [-0.25, -0.2) is 0 Å². The summed E-state index contributed by atoms with van der Waals surface area (Å²) in [5, 5.41) is 0. The highest BCUT2D eigenvalue weighted by Gasteiger charge is 2.45. The zero-order valence-electron chi connectivity index (χ0n) is 15.0. The SMILES string of the molecule is CCCCC1C(=O)C(C(C)(C)C)=C(C(C)(C)C)N(C)C1=O. The van der Waals surface area contributed by atoms with Gasteiger partial charge in [0.2, 0.25) is 5.91 Å². The van der Waals surface area contributed by atoms with Crippen molar-refractivity contribution in [1.29, 1.82) is 0 Å². The third kappa shape index (κ3) is 3.56. The number of carbonyl (C=O) groups excluding carboxylic acids is 2. The quantitative estimate of drug-likeness (QED) is 0.732. The molecule has 0 aromatic heterocycles. The molecule has 3 heteroatoms. The zero-order chi connectivity index (χ0) is 16.6. The largest absolute Gasteiger partial charge is 0.318 e. The second kappa shape index (κ2) is 5.94. The van der Waals surface area contributed by atoms with Crippen LogP contribution in [0.4, 0.5) is 0 Å². The Morgan fingerprint density at radius 3 is 1.90 bits per heavy atom. The molecule has 0 N–H and O–H groups in total. The first-order chi connectivity index (χ1) is 9.42. The Hall–Kier alpha value is -1.12. The summed E-state index contributed by atoms with van der Waals surface area (Å²) in [6, 6.07) is 0. The van der Waals surface area contributed by atoms with Gasteiger partial charge in [0.15, 0.2) is 5.78 Å². The van der Waals surface area contributed by atoms with Crippen LogP contribution in [-0.2, 0) is 9.59 Å². The van der Waals surface area contributed by atoms with Crippen molar-refractivity contribution in [2.75, 3.05) is 7.05 Å². The summed E-state index contributed by atoms with van der Waals surface area (Å²) in [5.74, 6) is -0.481. The van der Waals surface area contributed by atoms with Gasteiger partial charge in [-0.15, -0.1) is 0 Å². The van der Waals surface area contributed by atoms with Gasteiger partial charge in [-0.2, -0.15) is 0 Å². The van der Waals surface area contributed by atoms with Crippen LogP contribution in [0.3, 0.4) is 0 Å². The van der Waals surface area contributed by atoms with Crippen LogP contribution < -0.4 is 0 Å². The fourth-order valence-electron chi connectivity index (χ4n) is 3.18. The van der Waals surface area contributed by atoms with Crippen LogP contribution in [0.25, 0.3) is 0 Å². The van der Waals surface area contributed by atoms with Crippen LogP contribution >= 0.6 is 0 Å². The standard InChI is InChI=1S/C18H31NO2/c1-9-10-11-12-14(20)13(17(2,3)4)15(18(5,6)7)19(8)16(12)21/h12H,9-11H2,1-8H3. The van der Waals surface area contributed by atoms with Crippen LogP contribution in [0.2, 0.25) is 0 Å². The summed E-state index contributed by atoms with van der Waals surface area (Å²) < 4.78 is 0. The minimum atomic E-state index is -0.490. The van der Waals surface area contributed by atoms with E-state index in [1.54, 1.807) is 4.90 Å². The highest BCUT2D eigenvalue weighted by Crippen LogP contribution is 2.43. The van der Waals surface area contributed by atoms with Gasteiger partial charge >= 0.3 is 0 Å². The van der Waals surface area contributed by atoms with Gasteiger partial charge in [-0.05, 0) is 11.8 Å². The van der Waals surface area contributed by atoms with Gasteiger partial charge in [0.05, 0.1) is 0 Å². The molecule has 120 valence electrons. The number of hydrogen-bond donors (Lipinski definition) is 0. The highest BCUT2D eigenvalue weighted by atomic mass is 16.2. The molecule has 0 spiro atoms. The summed E-state index contributed by atoms with van der Waals surface area (Å²) in [7, 11) is 1.82.